The Morgan fingerprint density at radius 3 is 2.33 bits per heavy atom. The lowest BCUT2D eigenvalue weighted by Crippen LogP contribution is -2.67. The quantitative estimate of drug-likeness (QED) is 0.588. The molecule has 3 fully saturated rings. The van der Waals surface area contributed by atoms with Gasteiger partial charge in [0.15, 0.2) is 0 Å². The zero-order valence-corrected chi connectivity index (χ0v) is 5.71. The fourth-order valence-corrected chi connectivity index (χ4v) is 2.42. The van der Waals surface area contributed by atoms with Gasteiger partial charge < -0.3 is 5.32 Å². The van der Waals surface area contributed by atoms with Gasteiger partial charge >= 0.3 is 0 Å². The zero-order chi connectivity index (χ0) is 6.54. The summed E-state index contributed by atoms with van der Waals surface area (Å²) in [5, 5.41) is 3.10. The average molecular weight is 129 g/mol. The third-order valence-corrected chi connectivity index (χ3v) is 2.63. The molecule has 0 aliphatic heterocycles. The Kier molecular flexibility index (Phi) is 0.825. The zero-order valence-electron chi connectivity index (χ0n) is 5.71. The van der Waals surface area contributed by atoms with E-state index in [2.05, 4.69) is 5.32 Å². The maximum Gasteiger partial charge on any atom is 0.112 e. The molecule has 0 saturated heterocycles. The van der Waals surface area contributed by atoms with Crippen LogP contribution in [0, 0.1) is 5.41 Å². The SMILES string of the molecule is CNCC12CC(F)(C1)C2. The Hall–Kier alpha value is -0.110. The van der Waals surface area contributed by atoms with Crippen LogP contribution >= 0.6 is 0 Å². The van der Waals surface area contributed by atoms with Gasteiger partial charge in [0, 0.05) is 6.54 Å². The molecule has 3 aliphatic carbocycles. The largest absolute Gasteiger partial charge is 0.319 e. The van der Waals surface area contributed by atoms with Crippen molar-refractivity contribution >= 4 is 0 Å². The normalized spacial score (nSPS) is 54.0. The van der Waals surface area contributed by atoms with Gasteiger partial charge in [0.25, 0.3) is 0 Å². The summed E-state index contributed by atoms with van der Waals surface area (Å²) in [6.45, 7) is 1.01. The molecule has 0 atom stereocenters. The lowest BCUT2D eigenvalue weighted by atomic mass is 9.42. The van der Waals surface area contributed by atoms with Crippen LogP contribution in [0.3, 0.4) is 0 Å². The minimum Gasteiger partial charge on any atom is -0.319 e. The fourth-order valence-electron chi connectivity index (χ4n) is 2.42. The molecule has 0 unspecified atom stereocenters. The van der Waals surface area contributed by atoms with E-state index in [-0.39, 0.29) is 0 Å². The summed E-state index contributed by atoms with van der Waals surface area (Å²) in [4.78, 5) is 0. The topological polar surface area (TPSA) is 12.0 Å². The molecule has 3 aliphatic rings. The molecule has 3 saturated carbocycles. The molecule has 0 heterocycles. The summed E-state index contributed by atoms with van der Waals surface area (Å²) in [7, 11) is 1.94. The van der Waals surface area contributed by atoms with Crippen molar-refractivity contribution in [1.82, 2.24) is 5.32 Å². The first-order chi connectivity index (χ1) is 4.18. The Bertz CT molecular complexity index is 118. The predicted octanol–water partition coefficient (Wildman–Crippen LogP) is 1.10. The second-order valence-electron chi connectivity index (χ2n) is 3.71. The molecular formula is C7H12FN. The van der Waals surface area contributed by atoms with E-state index in [0.29, 0.717) is 5.41 Å². The molecule has 0 amide bonds. The van der Waals surface area contributed by atoms with Crippen molar-refractivity contribution < 1.29 is 4.39 Å². The Morgan fingerprint density at radius 1 is 1.44 bits per heavy atom. The van der Waals surface area contributed by atoms with Crippen LogP contribution in [0.25, 0.3) is 0 Å². The minimum absolute atomic E-state index is 0.392. The molecule has 0 aromatic rings. The van der Waals surface area contributed by atoms with Crippen LogP contribution < -0.4 is 5.32 Å². The van der Waals surface area contributed by atoms with Gasteiger partial charge in [-0.15, -0.1) is 0 Å². The van der Waals surface area contributed by atoms with Crippen molar-refractivity contribution in [2.75, 3.05) is 13.6 Å². The summed E-state index contributed by atoms with van der Waals surface area (Å²) in [5.74, 6) is 0. The van der Waals surface area contributed by atoms with Crippen molar-refractivity contribution in [1.29, 1.82) is 0 Å². The molecule has 2 bridgehead atoms. The predicted molar refractivity (Wildman–Crippen MR) is 34.0 cm³/mol. The number of hydrogen-bond acceptors (Lipinski definition) is 1. The first kappa shape index (κ1) is 5.66. The maximum absolute atomic E-state index is 12.8. The van der Waals surface area contributed by atoms with Gasteiger partial charge in [-0.05, 0) is 31.7 Å². The van der Waals surface area contributed by atoms with E-state index < -0.39 is 5.67 Å². The van der Waals surface area contributed by atoms with Crippen molar-refractivity contribution in [3.63, 3.8) is 0 Å². The molecule has 1 nitrogen and oxygen atoms in total. The molecule has 2 heteroatoms. The summed E-state index contributed by atoms with van der Waals surface area (Å²) in [6, 6.07) is 0. The van der Waals surface area contributed by atoms with E-state index in [4.69, 9.17) is 0 Å². The summed E-state index contributed by atoms with van der Waals surface area (Å²) in [6.07, 6.45) is 2.46. The molecule has 52 valence electrons. The molecule has 0 spiro atoms. The first-order valence-electron chi connectivity index (χ1n) is 3.52. The van der Waals surface area contributed by atoms with E-state index in [1.807, 2.05) is 7.05 Å². The highest BCUT2D eigenvalue weighted by molar-refractivity contribution is 5.19. The maximum atomic E-state index is 12.8. The smallest absolute Gasteiger partial charge is 0.112 e. The second kappa shape index (κ2) is 1.31. The molecule has 1 N–H and O–H groups in total. The van der Waals surface area contributed by atoms with Gasteiger partial charge in [-0.3, -0.25) is 0 Å². The van der Waals surface area contributed by atoms with Crippen molar-refractivity contribution in [3.05, 3.63) is 0 Å². The van der Waals surface area contributed by atoms with E-state index in [9.17, 15) is 4.39 Å². The van der Waals surface area contributed by atoms with E-state index in [1.54, 1.807) is 0 Å². The molecule has 9 heavy (non-hydrogen) atoms. The van der Waals surface area contributed by atoms with Crippen molar-refractivity contribution in [2.45, 2.75) is 24.9 Å². The number of hydrogen-bond donors (Lipinski definition) is 1. The summed E-state index contributed by atoms with van der Waals surface area (Å²) >= 11 is 0. The standard InChI is InChI=1S/C7H12FN/c1-9-5-6-2-7(8,3-6)4-6/h9H,2-5H2,1H3. The Labute approximate surface area is 54.6 Å². The van der Waals surface area contributed by atoms with Gasteiger partial charge in [0.05, 0.1) is 0 Å². The van der Waals surface area contributed by atoms with Crippen LogP contribution in [0.15, 0.2) is 0 Å². The fraction of sp³-hybridized carbons (Fsp3) is 1.00. The van der Waals surface area contributed by atoms with Gasteiger partial charge in [-0.25, -0.2) is 4.39 Å². The van der Waals surface area contributed by atoms with E-state index in [1.165, 1.54) is 0 Å². The van der Waals surface area contributed by atoms with E-state index >= 15 is 0 Å². The summed E-state index contributed by atoms with van der Waals surface area (Å²) < 4.78 is 12.8. The number of rotatable bonds is 2. The number of halogens is 1. The van der Waals surface area contributed by atoms with Gasteiger partial charge in [0.1, 0.15) is 5.67 Å². The Balaban J connectivity index is 1.90. The highest BCUT2D eigenvalue weighted by Gasteiger charge is 2.68. The monoisotopic (exact) mass is 129 g/mol. The lowest BCUT2D eigenvalue weighted by molar-refractivity contribution is -0.209. The number of nitrogens with one attached hydrogen (secondary N) is 1. The average Bonchev–Trinajstić information content (AvgIpc) is 1.60. The Morgan fingerprint density at radius 2 is 2.00 bits per heavy atom. The highest BCUT2D eigenvalue weighted by Crippen LogP contribution is 2.68. The van der Waals surface area contributed by atoms with Gasteiger partial charge in [-0.2, -0.15) is 0 Å². The lowest BCUT2D eigenvalue weighted by Gasteiger charge is -2.66. The van der Waals surface area contributed by atoms with Crippen molar-refractivity contribution in [3.8, 4) is 0 Å². The van der Waals surface area contributed by atoms with Crippen molar-refractivity contribution in [2.24, 2.45) is 5.41 Å². The molecular weight excluding hydrogens is 117 g/mol. The van der Waals surface area contributed by atoms with Crippen LogP contribution in [-0.2, 0) is 0 Å². The molecule has 0 aromatic carbocycles. The second-order valence-corrected chi connectivity index (χ2v) is 3.71. The van der Waals surface area contributed by atoms with Crippen LogP contribution in [0.1, 0.15) is 19.3 Å². The van der Waals surface area contributed by atoms with E-state index in [0.717, 1.165) is 25.8 Å². The van der Waals surface area contributed by atoms with Crippen LogP contribution in [0.5, 0.6) is 0 Å². The molecule has 0 aromatic heterocycles. The van der Waals surface area contributed by atoms with Crippen LogP contribution in [0.2, 0.25) is 0 Å². The minimum atomic E-state index is -0.711. The highest BCUT2D eigenvalue weighted by atomic mass is 19.1. The third-order valence-electron chi connectivity index (χ3n) is 2.63. The first-order valence-corrected chi connectivity index (χ1v) is 3.52. The van der Waals surface area contributed by atoms with Gasteiger partial charge in [0.2, 0.25) is 0 Å². The molecule has 3 rings (SSSR count). The third kappa shape index (κ3) is 0.571. The summed E-state index contributed by atoms with van der Waals surface area (Å²) in [5.41, 5.74) is -0.319. The number of alkyl halides is 1. The van der Waals surface area contributed by atoms with Crippen LogP contribution in [-0.4, -0.2) is 19.3 Å². The van der Waals surface area contributed by atoms with Gasteiger partial charge in [-0.1, -0.05) is 0 Å². The van der Waals surface area contributed by atoms with Crippen LogP contribution in [0.4, 0.5) is 4.39 Å². The molecule has 0 radical (unpaired) electrons.